The molecule has 0 aliphatic carbocycles. The minimum absolute atomic E-state index is 0.0683. The van der Waals surface area contributed by atoms with Crippen molar-refractivity contribution in [2.75, 3.05) is 0 Å². The van der Waals surface area contributed by atoms with Gasteiger partial charge in [-0.3, -0.25) is 0 Å². The van der Waals surface area contributed by atoms with E-state index in [9.17, 15) is 8.42 Å². The largest absolute Gasteiger partial charge is 0.391 e. The van der Waals surface area contributed by atoms with Crippen LogP contribution in [0.5, 0.6) is 0 Å². The fourth-order valence-corrected chi connectivity index (χ4v) is 4.22. The summed E-state index contributed by atoms with van der Waals surface area (Å²) in [4.78, 5) is 0.907. The lowest BCUT2D eigenvalue weighted by molar-refractivity contribution is 0.285. The first-order chi connectivity index (χ1) is 8.85. The van der Waals surface area contributed by atoms with Crippen LogP contribution >= 0.6 is 11.3 Å². The maximum atomic E-state index is 12.1. The fourth-order valence-electron chi connectivity index (χ4n) is 1.81. The molecule has 1 aromatic rings. The summed E-state index contributed by atoms with van der Waals surface area (Å²) in [7, 11) is -3.45. The number of hydrogen-bond acceptors (Lipinski definition) is 4. The van der Waals surface area contributed by atoms with Crippen LogP contribution in [-0.4, -0.2) is 19.6 Å². The summed E-state index contributed by atoms with van der Waals surface area (Å²) in [5.41, 5.74) is 0. The second-order valence-corrected chi connectivity index (χ2v) is 7.96. The molecule has 19 heavy (non-hydrogen) atoms. The van der Waals surface area contributed by atoms with Crippen LogP contribution in [0.4, 0.5) is 0 Å². The molecule has 0 spiro atoms. The number of aliphatic hydroxyl groups excluding tert-OH is 1. The number of sulfonamides is 1. The van der Waals surface area contributed by atoms with E-state index in [-0.39, 0.29) is 17.5 Å². The van der Waals surface area contributed by atoms with Crippen molar-refractivity contribution in [1.82, 2.24) is 4.72 Å². The zero-order chi connectivity index (χ0) is 14.5. The Labute approximate surface area is 119 Å². The molecule has 1 atom stereocenters. The number of rotatable bonds is 8. The number of thiophene rings is 1. The van der Waals surface area contributed by atoms with E-state index in [2.05, 4.69) is 18.6 Å². The summed E-state index contributed by atoms with van der Waals surface area (Å²) >= 11 is 1.26. The van der Waals surface area contributed by atoms with Gasteiger partial charge >= 0.3 is 0 Å². The predicted octanol–water partition coefficient (Wildman–Crippen LogP) is 2.73. The molecule has 6 heteroatoms. The van der Waals surface area contributed by atoms with Gasteiger partial charge in [0, 0.05) is 16.3 Å². The Hall–Kier alpha value is -0.430. The monoisotopic (exact) mass is 305 g/mol. The molecular formula is C13H23NO3S2. The summed E-state index contributed by atoms with van der Waals surface area (Å²) in [6.07, 6.45) is 2.97. The van der Waals surface area contributed by atoms with Gasteiger partial charge in [0.15, 0.2) is 0 Å². The first-order valence-corrected chi connectivity index (χ1v) is 8.92. The standard InChI is InChI=1S/C13H23NO3S2/c1-10(2)5-4-6-11(3)14-19(16,17)13-7-12(8-15)18-9-13/h7,9-11,14-15H,4-6,8H2,1-3H3. The van der Waals surface area contributed by atoms with Gasteiger partial charge in [0.25, 0.3) is 0 Å². The highest BCUT2D eigenvalue weighted by Crippen LogP contribution is 2.20. The van der Waals surface area contributed by atoms with Gasteiger partial charge in [-0.05, 0) is 25.3 Å². The molecule has 1 rings (SSSR count). The van der Waals surface area contributed by atoms with Crippen molar-refractivity contribution in [2.24, 2.45) is 5.92 Å². The highest BCUT2D eigenvalue weighted by atomic mass is 32.2. The lowest BCUT2D eigenvalue weighted by Crippen LogP contribution is -2.32. The van der Waals surface area contributed by atoms with Crippen molar-refractivity contribution < 1.29 is 13.5 Å². The first-order valence-electron chi connectivity index (χ1n) is 6.55. The molecule has 1 heterocycles. The average Bonchev–Trinajstić information content (AvgIpc) is 2.76. The second-order valence-electron chi connectivity index (χ2n) is 5.25. The molecule has 1 aromatic heterocycles. The third kappa shape index (κ3) is 5.60. The van der Waals surface area contributed by atoms with Crippen molar-refractivity contribution in [3.05, 3.63) is 16.3 Å². The highest BCUT2D eigenvalue weighted by molar-refractivity contribution is 7.89. The smallest absolute Gasteiger partial charge is 0.241 e. The van der Waals surface area contributed by atoms with E-state index in [1.807, 2.05) is 6.92 Å². The zero-order valence-electron chi connectivity index (χ0n) is 11.7. The minimum Gasteiger partial charge on any atom is -0.391 e. The molecule has 4 nitrogen and oxygen atoms in total. The SMILES string of the molecule is CC(C)CCCC(C)NS(=O)(=O)c1csc(CO)c1. The summed E-state index contributed by atoms with van der Waals surface area (Å²) in [5.74, 6) is 0.646. The van der Waals surface area contributed by atoms with Gasteiger partial charge in [0.1, 0.15) is 0 Å². The van der Waals surface area contributed by atoms with Crippen molar-refractivity contribution >= 4 is 21.4 Å². The Bertz CT molecular complexity index is 480. The summed E-state index contributed by atoms with van der Waals surface area (Å²) in [5, 5.41) is 10.5. The maximum Gasteiger partial charge on any atom is 0.241 e. The number of aliphatic hydroxyl groups is 1. The van der Waals surface area contributed by atoms with E-state index >= 15 is 0 Å². The quantitative estimate of drug-likeness (QED) is 0.776. The van der Waals surface area contributed by atoms with E-state index < -0.39 is 10.0 Å². The molecule has 0 saturated carbocycles. The van der Waals surface area contributed by atoms with Crippen LogP contribution in [0.1, 0.15) is 44.9 Å². The van der Waals surface area contributed by atoms with Crippen LogP contribution in [0.25, 0.3) is 0 Å². The van der Waals surface area contributed by atoms with Crippen molar-refractivity contribution in [3.63, 3.8) is 0 Å². The van der Waals surface area contributed by atoms with E-state index in [0.717, 1.165) is 19.3 Å². The van der Waals surface area contributed by atoms with E-state index in [1.165, 1.54) is 17.4 Å². The normalized spacial score (nSPS) is 13.9. The van der Waals surface area contributed by atoms with Crippen molar-refractivity contribution in [3.8, 4) is 0 Å². The number of hydrogen-bond donors (Lipinski definition) is 2. The topological polar surface area (TPSA) is 66.4 Å². The molecule has 0 radical (unpaired) electrons. The summed E-state index contributed by atoms with van der Waals surface area (Å²) < 4.78 is 26.8. The van der Waals surface area contributed by atoms with Crippen LogP contribution in [-0.2, 0) is 16.6 Å². The Morgan fingerprint density at radius 2 is 2.00 bits per heavy atom. The maximum absolute atomic E-state index is 12.1. The van der Waals surface area contributed by atoms with Crippen LogP contribution in [0.15, 0.2) is 16.3 Å². The Morgan fingerprint density at radius 1 is 1.32 bits per heavy atom. The van der Waals surface area contributed by atoms with E-state index in [0.29, 0.717) is 10.8 Å². The molecule has 0 saturated heterocycles. The van der Waals surface area contributed by atoms with Crippen LogP contribution in [0.3, 0.4) is 0 Å². The highest BCUT2D eigenvalue weighted by Gasteiger charge is 2.18. The molecule has 0 aromatic carbocycles. The van der Waals surface area contributed by atoms with Gasteiger partial charge in [-0.1, -0.05) is 26.7 Å². The molecule has 0 aliphatic heterocycles. The average molecular weight is 305 g/mol. The van der Waals surface area contributed by atoms with Gasteiger partial charge < -0.3 is 5.11 Å². The van der Waals surface area contributed by atoms with Crippen molar-refractivity contribution in [1.29, 1.82) is 0 Å². The molecule has 110 valence electrons. The zero-order valence-corrected chi connectivity index (χ0v) is 13.4. The van der Waals surface area contributed by atoms with E-state index in [4.69, 9.17) is 5.11 Å². The molecule has 0 amide bonds. The molecule has 2 N–H and O–H groups in total. The number of nitrogens with one attached hydrogen (secondary N) is 1. The van der Waals surface area contributed by atoms with Crippen LogP contribution in [0, 0.1) is 5.92 Å². The first kappa shape index (κ1) is 16.6. The lowest BCUT2D eigenvalue weighted by Gasteiger charge is -2.14. The molecular weight excluding hydrogens is 282 g/mol. The lowest BCUT2D eigenvalue weighted by atomic mass is 10.0. The van der Waals surface area contributed by atoms with Crippen LogP contribution in [0.2, 0.25) is 0 Å². The van der Waals surface area contributed by atoms with Gasteiger partial charge in [0.2, 0.25) is 10.0 Å². The van der Waals surface area contributed by atoms with Gasteiger partial charge in [-0.2, -0.15) is 0 Å². The van der Waals surface area contributed by atoms with Gasteiger partial charge in [-0.25, -0.2) is 13.1 Å². The third-order valence-corrected chi connectivity index (χ3v) is 5.51. The van der Waals surface area contributed by atoms with Crippen LogP contribution < -0.4 is 4.72 Å². The Kier molecular flexibility index (Phi) is 6.46. The third-order valence-electron chi connectivity index (χ3n) is 2.87. The summed E-state index contributed by atoms with van der Waals surface area (Å²) in [6.45, 7) is 6.09. The van der Waals surface area contributed by atoms with Crippen molar-refractivity contribution in [2.45, 2.75) is 57.6 Å². The fraction of sp³-hybridized carbons (Fsp3) is 0.692. The predicted molar refractivity (Wildman–Crippen MR) is 78.7 cm³/mol. The Balaban J connectivity index is 2.54. The Morgan fingerprint density at radius 3 is 2.53 bits per heavy atom. The second kappa shape index (κ2) is 7.38. The molecule has 0 fully saturated rings. The molecule has 0 bridgehead atoms. The van der Waals surface area contributed by atoms with Gasteiger partial charge in [-0.15, -0.1) is 11.3 Å². The molecule has 1 unspecified atom stereocenters. The minimum atomic E-state index is -3.45. The molecule has 0 aliphatic rings. The van der Waals surface area contributed by atoms with Gasteiger partial charge in [0.05, 0.1) is 11.5 Å². The summed E-state index contributed by atoms with van der Waals surface area (Å²) in [6, 6.07) is 1.45. The van der Waals surface area contributed by atoms with E-state index in [1.54, 1.807) is 5.38 Å².